The van der Waals surface area contributed by atoms with Crippen molar-refractivity contribution in [2.75, 3.05) is 5.32 Å². The van der Waals surface area contributed by atoms with Gasteiger partial charge in [-0.15, -0.1) is 0 Å². The summed E-state index contributed by atoms with van der Waals surface area (Å²) in [6.07, 6.45) is 7.17. The highest BCUT2D eigenvalue weighted by molar-refractivity contribution is 5.94. The van der Waals surface area contributed by atoms with Gasteiger partial charge >= 0.3 is 0 Å². The van der Waals surface area contributed by atoms with Crippen LogP contribution in [0.1, 0.15) is 42.1 Å². The molecule has 2 N–H and O–H groups in total. The molecular weight excluding hydrogens is 376 g/mol. The van der Waals surface area contributed by atoms with Crippen molar-refractivity contribution in [3.05, 3.63) is 78.2 Å². The first-order valence-electron chi connectivity index (χ1n) is 10.4. The number of aromatic nitrogens is 2. The number of benzene rings is 2. The molecule has 30 heavy (non-hydrogen) atoms. The van der Waals surface area contributed by atoms with Crippen molar-refractivity contribution >= 4 is 17.6 Å². The van der Waals surface area contributed by atoms with E-state index in [4.69, 9.17) is 0 Å². The smallest absolute Gasteiger partial charge is 0.251 e. The van der Waals surface area contributed by atoms with Crippen LogP contribution in [0.5, 0.6) is 0 Å². The number of nitrogens with one attached hydrogen (secondary N) is 2. The fraction of sp³-hybridized carbons (Fsp3) is 0.292. The standard InChI is InChI=1S/C24H26N4O2/c1-17(7-8-18-5-3-2-4-6-18)26-23(29)20-11-13-21(14-12-20)28-15-22(25-16-28)27-24(30)19-9-10-19/h2-6,11-17,19H,7-10H2,1H3,(H,26,29)(H,27,30). The predicted molar refractivity (Wildman–Crippen MR) is 117 cm³/mol. The van der Waals surface area contributed by atoms with E-state index in [1.54, 1.807) is 24.7 Å². The van der Waals surface area contributed by atoms with Crippen LogP contribution in [0.2, 0.25) is 0 Å². The van der Waals surface area contributed by atoms with Crippen molar-refractivity contribution in [1.82, 2.24) is 14.9 Å². The van der Waals surface area contributed by atoms with Gasteiger partial charge in [-0.1, -0.05) is 30.3 Å². The van der Waals surface area contributed by atoms with Crippen molar-refractivity contribution in [2.24, 2.45) is 5.92 Å². The molecule has 6 heteroatoms. The number of imidazole rings is 1. The lowest BCUT2D eigenvalue weighted by Crippen LogP contribution is -2.32. The molecule has 1 saturated carbocycles. The Bertz CT molecular complexity index is 1010. The van der Waals surface area contributed by atoms with Gasteiger partial charge in [0.2, 0.25) is 5.91 Å². The van der Waals surface area contributed by atoms with Gasteiger partial charge in [-0.05, 0) is 62.4 Å². The molecule has 1 aliphatic rings. The minimum Gasteiger partial charge on any atom is -0.350 e. The number of hydrogen-bond acceptors (Lipinski definition) is 3. The Labute approximate surface area is 176 Å². The first-order valence-corrected chi connectivity index (χ1v) is 10.4. The summed E-state index contributed by atoms with van der Waals surface area (Å²) in [4.78, 5) is 28.6. The largest absolute Gasteiger partial charge is 0.350 e. The van der Waals surface area contributed by atoms with Gasteiger partial charge in [-0.3, -0.25) is 9.59 Å². The van der Waals surface area contributed by atoms with Crippen molar-refractivity contribution in [3.63, 3.8) is 0 Å². The maximum atomic E-state index is 12.5. The molecule has 0 saturated heterocycles. The van der Waals surface area contributed by atoms with Crippen molar-refractivity contribution in [1.29, 1.82) is 0 Å². The third-order valence-electron chi connectivity index (χ3n) is 5.30. The Morgan fingerprint density at radius 1 is 1.10 bits per heavy atom. The fourth-order valence-corrected chi connectivity index (χ4v) is 3.29. The highest BCUT2D eigenvalue weighted by atomic mass is 16.2. The second-order valence-corrected chi connectivity index (χ2v) is 7.88. The average molecular weight is 402 g/mol. The second-order valence-electron chi connectivity index (χ2n) is 7.88. The summed E-state index contributed by atoms with van der Waals surface area (Å²) in [5.41, 5.74) is 2.77. The molecule has 0 radical (unpaired) electrons. The number of aryl methyl sites for hydroxylation is 1. The van der Waals surface area contributed by atoms with Gasteiger partial charge in [0.25, 0.3) is 5.91 Å². The van der Waals surface area contributed by atoms with Gasteiger partial charge in [-0.25, -0.2) is 4.98 Å². The number of amides is 2. The molecule has 4 rings (SSSR count). The number of carbonyl (C=O) groups is 2. The third kappa shape index (κ3) is 5.14. The third-order valence-corrected chi connectivity index (χ3v) is 5.30. The van der Waals surface area contributed by atoms with Crippen molar-refractivity contribution in [3.8, 4) is 5.69 Å². The zero-order valence-electron chi connectivity index (χ0n) is 17.0. The Balaban J connectivity index is 1.31. The van der Waals surface area contributed by atoms with Crippen LogP contribution in [0.15, 0.2) is 67.1 Å². The van der Waals surface area contributed by atoms with E-state index in [9.17, 15) is 9.59 Å². The molecule has 1 fully saturated rings. The molecule has 0 aliphatic heterocycles. The lowest BCUT2D eigenvalue weighted by Gasteiger charge is -2.14. The number of nitrogens with zero attached hydrogens (tertiary/aromatic N) is 2. The number of hydrogen-bond donors (Lipinski definition) is 2. The molecule has 1 aromatic heterocycles. The fourth-order valence-electron chi connectivity index (χ4n) is 3.29. The average Bonchev–Trinajstić information content (AvgIpc) is 3.52. The van der Waals surface area contributed by atoms with Crippen molar-refractivity contribution < 1.29 is 9.59 Å². The molecular formula is C24H26N4O2. The summed E-state index contributed by atoms with van der Waals surface area (Å²) in [7, 11) is 0. The van der Waals surface area contributed by atoms with Crippen LogP contribution in [-0.4, -0.2) is 27.4 Å². The summed E-state index contributed by atoms with van der Waals surface area (Å²) < 4.78 is 1.83. The summed E-state index contributed by atoms with van der Waals surface area (Å²) in [5, 5.41) is 5.90. The van der Waals surface area contributed by atoms with Crippen LogP contribution in [0, 0.1) is 5.92 Å². The Morgan fingerprint density at radius 2 is 1.83 bits per heavy atom. The minimum atomic E-state index is -0.0786. The van der Waals surface area contributed by atoms with E-state index in [1.165, 1.54) is 5.56 Å². The quantitative estimate of drug-likeness (QED) is 0.599. The summed E-state index contributed by atoms with van der Waals surface area (Å²) in [6.45, 7) is 2.03. The zero-order valence-corrected chi connectivity index (χ0v) is 17.0. The topological polar surface area (TPSA) is 76.0 Å². The molecule has 1 atom stereocenters. The summed E-state index contributed by atoms with van der Waals surface area (Å²) >= 11 is 0. The van der Waals surface area contributed by atoms with E-state index in [2.05, 4.69) is 27.8 Å². The summed E-state index contributed by atoms with van der Waals surface area (Å²) in [6, 6.07) is 17.7. The Hall–Kier alpha value is -3.41. The van der Waals surface area contributed by atoms with E-state index in [0.717, 1.165) is 31.4 Å². The highest BCUT2D eigenvalue weighted by Crippen LogP contribution is 2.30. The first kappa shape index (κ1) is 19.9. The van der Waals surface area contributed by atoms with Crippen LogP contribution in [0.3, 0.4) is 0 Å². The molecule has 1 heterocycles. The lowest BCUT2D eigenvalue weighted by atomic mass is 10.1. The zero-order chi connectivity index (χ0) is 20.9. The highest BCUT2D eigenvalue weighted by Gasteiger charge is 2.29. The van der Waals surface area contributed by atoms with Gasteiger partial charge in [0.15, 0.2) is 5.82 Å². The van der Waals surface area contributed by atoms with Crippen LogP contribution in [-0.2, 0) is 11.2 Å². The maximum absolute atomic E-state index is 12.5. The lowest BCUT2D eigenvalue weighted by molar-refractivity contribution is -0.117. The molecule has 154 valence electrons. The Kier molecular flexibility index (Phi) is 5.93. The SMILES string of the molecule is CC(CCc1ccccc1)NC(=O)c1ccc(-n2cnc(NC(=O)C3CC3)c2)cc1. The number of anilines is 1. The molecule has 1 aliphatic carbocycles. The Morgan fingerprint density at radius 3 is 2.53 bits per heavy atom. The molecule has 2 aromatic carbocycles. The van der Waals surface area contributed by atoms with E-state index in [0.29, 0.717) is 11.4 Å². The molecule has 6 nitrogen and oxygen atoms in total. The van der Waals surface area contributed by atoms with Gasteiger partial charge < -0.3 is 15.2 Å². The van der Waals surface area contributed by atoms with E-state index < -0.39 is 0 Å². The van der Waals surface area contributed by atoms with Gasteiger partial charge in [0, 0.05) is 23.2 Å². The van der Waals surface area contributed by atoms with Gasteiger partial charge in [0.1, 0.15) is 6.33 Å². The van der Waals surface area contributed by atoms with Crippen LogP contribution < -0.4 is 10.6 Å². The first-order chi connectivity index (χ1) is 14.6. The normalized spacial score (nSPS) is 14.2. The molecule has 0 bridgehead atoms. The second kappa shape index (κ2) is 8.95. The van der Waals surface area contributed by atoms with Gasteiger partial charge in [-0.2, -0.15) is 0 Å². The molecule has 2 amide bonds. The van der Waals surface area contributed by atoms with Crippen molar-refractivity contribution in [2.45, 2.75) is 38.6 Å². The minimum absolute atomic E-state index is 0.0358. The number of carbonyl (C=O) groups excluding carboxylic acids is 2. The molecule has 3 aromatic rings. The van der Waals surface area contributed by atoms with E-state index in [1.807, 2.05) is 41.8 Å². The van der Waals surface area contributed by atoms with Crippen LogP contribution in [0.4, 0.5) is 5.82 Å². The predicted octanol–water partition coefficient (Wildman–Crippen LogP) is 3.97. The van der Waals surface area contributed by atoms with E-state index >= 15 is 0 Å². The maximum Gasteiger partial charge on any atom is 0.251 e. The number of rotatable bonds is 8. The van der Waals surface area contributed by atoms with E-state index in [-0.39, 0.29) is 23.8 Å². The van der Waals surface area contributed by atoms with Crippen LogP contribution in [0.25, 0.3) is 5.69 Å². The molecule has 1 unspecified atom stereocenters. The molecule has 0 spiro atoms. The van der Waals surface area contributed by atoms with Crippen LogP contribution >= 0.6 is 0 Å². The monoisotopic (exact) mass is 402 g/mol. The summed E-state index contributed by atoms with van der Waals surface area (Å²) in [5.74, 6) is 0.641. The van der Waals surface area contributed by atoms with Gasteiger partial charge in [0.05, 0.1) is 6.20 Å².